The molecule has 0 bridgehead atoms. The number of carbonyl (C=O) groups is 1. The molecule has 30 heavy (non-hydrogen) atoms. The van der Waals surface area contributed by atoms with Gasteiger partial charge in [-0.1, -0.05) is 13.3 Å². The van der Waals surface area contributed by atoms with Crippen LogP contribution in [0.1, 0.15) is 66.2 Å². The van der Waals surface area contributed by atoms with Crippen LogP contribution in [0.3, 0.4) is 0 Å². The Labute approximate surface area is 183 Å². The Bertz CT molecular complexity index is 570. The van der Waals surface area contributed by atoms with Crippen molar-refractivity contribution >= 4 is 5.91 Å². The minimum Gasteiger partial charge on any atom is -0.353 e. The van der Waals surface area contributed by atoms with Crippen molar-refractivity contribution in [2.24, 2.45) is 11.8 Å². The Morgan fingerprint density at radius 2 is 1.80 bits per heavy atom. The predicted octanol–water partition coefficient (Wildman–Crippen LogP) is 1.57. The highest BCUT2D eigenvalue weighted by atomic mass is 16.2. The first kappa shape index (κ1) is 22.5. The summed E-state index contributed by atoms with van der Waals surface area (Å²) in [6, 6.07) is 1.42. The van der Waals surface area contributed by atoms with Crippen molar-refractivity contribution in [1.82, 2.24) is 30.9 Å². The molecule has 0 radical (unpaired) electrons. The summed E-state index contributed by atoms with van der Waals surface area (Å²) in [5.74, 6) is 1.08. The number of hydrazine groups is 1. The Morgan fingerprint density at radius 1 is 1.10 bits per heavy atom. The van der Waals surface area contributed by atoms with E-state index >= 15 is 0 Å². The second-order valence-corrected chi connectivity index (χ2v) is 10.4. The topological polar surface area (TPSA) is 62.9 Å². The van der Waals surface area contributed by atoms with E-state index in [1.807, 2.05) is 0 Å². The van der Waals surface area contributed by atoms with Gasteiger partial charge < -0.3 is 5.32 Å². The molecule has 1 amide bonds. The van der Waals surface area contributed by atoms with Gasteiger partial charge in [-0.25, -0.2) is 5.01 Å². The fourth-order valence-corrected chi connectivity index (χ4v) is 6.02. The van der Waals surface area contributed by atoms with Crippen LogP contribution in [0.15, 0.2) is 0 Å². The number of hydrogen-bond acceptors (Lipinski definition) is 6. The molecule has 7 nitrogen and oxygen atoms in total. The van der Waals surface area contributed by atoms with E-state index in [0.717, 1.165) is 57.9 Å². The maximum atomic E-state index is 13.2. The summed E-state index contributed by atoms with van der Waals surface area (Å²) in [6.07, 6.45) is 7.65. The summed E-state index contributed by atoms with van der Waals surface area (Å²) in [4.78, 5) is 18.4. The predicted molar refractivity (Wildman–Crippen MR) is 121 cm³/mol. The standard InChI is InChI=1S/C23H44N6O/c1-5-18-6-8-19(9-7-18)26-23(30)20-15-24-29-21(14-17(4)25-22(20)29)28-12-10-27(11-13-28)16(2)3/h16-22,24-25H,5-15H2,1-4H3,(H,26,30). The molecule has 3 saturated heterocycles. The van der Waals surface area contributed by atoms with Gasteiger partial charge in [0, 0.05) is 50.8 Å². The first-order valence-corrected chi connectivity index (χ1v) is 12.5. The van der Waals surface area contributed by atoms with Gasteiger partial charge in [0.25, 0.3) is 0 Å². The highest BCUT2D eigenvalue weighted by molar-refractivity contribution is 5.80. The molecule has 4 atom stereocenters. The molecule has 3 heterocycles. The van der Waals surface area contributed by atoms with Gasteiger partial charge in [-0.15, -0.1) is 0 Å². The summed E-state index contributed by atoms with van der Waals surface area (Å²) in [6.45, 7) is 14.4. The first-order valence-electron chi connectivity index (χ1n) is 12.5. The van der Waals surface area contributed by atoms with Crippen LogP contribution in [-0.2, 0) is 4.79 Å². The van der Waals surface area contributed by atoms with Crippen molar-refractivity contribution in [3.05, 3.63) is 0 Å². The molecule has 4 rings (SSSR count). The molecule has 0 aromatic rings. The number of nitrogens with zero attached hydrogens (tertiary/aromatic N) is 3. The lowest BCUT2D eigenvalue weighted by Crippen LogP contribution is -2.68. The SMILES string of the molecule is CCC1CCC(NC(=O)C2CNN3C2NC(C)CC3N2CCN(C(C)C)CC2)CC1. The maximum absolute atomic E-state index is 13.2. The lowest BCUT2D eigenvalue weighted by Gasteiger charge is -2.49. The van der Waals surface area contributed by atoms with E-state index in [4.69, 9.17) is 0 Å². The summed E-state index contributed by atoms with van der Waals surface area (Å²) < 4.78 is 0. The molecular formula is C23H44N6O. The third-order valence-electron chi connectivity index (χ3n) is 8.12. The molecule has 4 fully saturated rings. The van der Waals surface area contributed by atoms with Crippen molar-refractivity contribution in [3.8, 4) is 0 Å². The number of nitrogens with one attached hydrogen (secondary N) is 3. The number of fused-ring (bicyclic) bond motifs is 1. The largest absolute Gasteiger partial charge is 0.353 e. The summed E-state index contributed by atoms with van der Waals surface area (Å²) in [5, 5.41) is 9.49. The zero-order chi connectivity index (χ0) is 21.3. The smallest absolute Gasteiger partial charge is 0.227 e. The molecule has 4 aliphatic rings. The fourth-order valence-electron chi connectivity index (χ4n) is 6.02. The van der Waals surface area contributed by atoms with Gasteiger partial charge in [0.1, 0.15) is 0 Å². The van der Waals surface area contributed by atoms with E-state index in [9.17, 15) is 4.79 Å². The molecule has 1 saturated carbocycles. The minimum absolute atomic E-state index is 0.0175. The van der Waals surface area contributed by atoms with Crippen molar-refractivity contribution < 1.29 is 4.79 Å². The zero-order valence-electron chi connectivity index (χ0n) is 19.6. The average Bonchev–Trinajstić information content (AvgIpc) is 3.17. The number of carbonyl (C=O) groups excluding carboxylic acids is 1. The minimum atomic E-state index is -0.0175. The molecule has 0 aromatic carbocycles. The maximum Gasteiger partial charge on any atom is 0.227 e. The van der Waals surface area contributed by atoms with Crippen molar-refractivity contribution in [3.63, 3.8) is 0 Å². The highest BCUT2D eigenvalue weighted by Crippen LogP contribution is 2.29. The summed E-state index contributed by atoms with van der Waals surface area (Å²) in [5.41, 5.74) is 3.60. The zero-order valence-corrected chi connectivity index (χ0v) is 19.6. The van der Waals surface area contributed by atoms with Crippen LogP contribution in [0.25, 0.3) is 0 Å². The molecule has 0 spiro atoms. The Kier molecular flexibility index (Phi) is 7.35. The second kappa shape index (κ2) is 9.82. The van der Waals surface area contributed by atoms with Crippen LogP contribution in [0.2, 0.25) is 0 Å². The van der Waals surface area contributed by atoms with Crippen molar-refractivity contribution in [2.45, 2.75) is 96.7 Å². The molecule has 3 N–H and O–H groups in total. The molecule has 4 unspecified atom stereocenters. The lowest BCUT2D eigenvalue weighted by molar-refractivity contribution is -0.129. The van der Waals surface area contributed by atoms with E-state index in [1.54, 1.807) is 0 Å². The van der Waals surface area contributed by atoms with Crippen LogP contribution in [-0.4, -0.2) is 83.9 Å². The third kappa shape index (κ3) is 4.85. The first-order chi connectivity index (χ1) is 14.5. The summed E-state index contributed by atoms with van der Waals surface area (Å²) >= 11 is 0. The van der Waals surface area contributed by atoms with Gasteiger partial charge >= 0.3 is 0 Å². The Hall–Kier alpha value is -0.730. The molecule has 1 aliphatic carbocycles. The van der Waals surface area contributed by atoms with Gasteiger partial charge in [0.05, 0.1) is 18.2 Å². The van der Waals surface area contributed by atoms with Gasteiger partial charge in [-0.05, 0) is 58.8 Å². The molecular weight excluding hydrogens is 376 g/mol. The van der Waals surface area contributed by atoms with Crippen LogP contribution in [0, 0.1) is 11.8 Å². The van der Waals surface area contributed by atoms with Crippen LogP contribution in [0.5, 0.6) is 0 Å². The van der Waals surface area contributed by atoms with E-state index < -0.39 is 0 Å². The number of piperazine rings is 1. The second-order valence-electron chi connectivity index (χ2n) is 10.4. The van der Waals surface area contributed by atoms with Crippen LogP contribution in [0.4, 0.5) is 0 Å². The van der Waals surface area contributed by atoms with Gasteiger partial charge in [-0.3, -0.25) is 25.3 Å². The van der Waals surface area contributed by atoms with E-state index in [1.165, 1.54) is 19.3 Å². The lowest BCUT2D eigenvalue weighted by atomic mass is 9.84. The normalized spacial score (nSPS) is 39.2. The third-order valence-corrected chi connectivity index (χ3v) is 8.12. The monoisotopic (exact) mass is 420 g/mol. The van der Waals surface area contributed by atoms with Gasteiger partial charge in [0.15, 0.2) is 0 Å². The summed E-state index contributed by atoms with van der Waals surface area (Å²) in [7, 11) is 0. The van der Waals surface area contributed by atoms with E-state index in [2.05, 4.69) is 58.6 Å². The van der Waals surface area contributed by atoms with Crippen LogP contribution >= 0.6 is 0 Å². The molecule has 7 heteroatoms. The van der Waals surface area contributed by atoms with Crippen molar-refractivity contribution in [2.75, 3.05) is 32.7 Å². The number of hydrogen-bond donors (Lipinski definition) is 3. The van der Waals surface area contributed by atoms with E-state index in [-0.39, 0.29) is 18.0 Å². The van der Waals surface area contributed by atoms with Gasteiger partial charge in [-0.2, -0.15) is 0 Å². The highest BCUT2D eigenvalue weighted by Gasteiger charge is 2.47. The number of amides is 1. The van der Waals surface area contributed by atoms with Gasteiger partial charge in [0.2, 0.25) is 5.91 Å². The van der Waals surface area contributed by atoms with E-state index in [0.29, 0.717) is 24.3 Å². The molecule has 0 aromatic heterocycles. The average molecular weight is 421 g/mol. The fraction of sp³-hybridized carbons (Fsp3) is 0.957. The molecule has 172 valence electrons. The molecule has 3 aliphatic heterocycles. The Balaban J connectivity index is 1.34. The van der Waals surface area contributed by atoms with Crippen LogP contribution < -0.4 is 16.1 Å². The number of rotatable bonds is 5. The quantitative estimate of drug-likeness (QED) is 0.628. The van der Waals surface area contributed by atoms with Crippen molar-refractivity contribution in [1.29, 1.82) is 0 Å². The Morgan fingerprint density at radius 3 is 2.43 bits per heavy atom.